The van der Waals surface area contributed by atoms with Gasteiger partial charge in [-0.2, -0.15) is 0 Å². The molecule has 0 bridgehead atoms. The average molecular weight is 91.2 g/mol. The van der Waals surface area contributed by atoms with Crippen molar-refractivity contribution < 1.29 is 5.48 Å². The van der Waals surface area contributed by atoms with Crippen molar-refractivity contribution in [1.29, 1.82) is 0 Å². The van der Waals surface area contributed by atoms with Crippen molar-refractivity contribution in [3.05, 3.63) is 0 Å². The van der Waals surface area contributed by atoms with E-state index in [1.807, 2.05) is 7.05 Å². The second kappa shape index (κ2) is 8.87. The lowest BCUT2D eigenvalue weighted by atomic mass is 10.5. The summed E-state index contributed by atoms with van der Waals surface area (Å²) in [5.41, 5.74) is 0. The van der Waals surface area contributed by atoms with E-state index in [4.69, 9.17) is 0 Å². The Bertz CT molecular complexity index is 15.0. The molecule has 0 fully saturated rings. The lowest BCUT2D eigenvalue weighted by Gasteiger charge is -1.84. The van der Waals surface area contributed by atoms with Gasteiger partial charge in [-0.1, -0.05) is 6.92 Å². The molecule has 0 aromatic heterocycles. The minimum absolute atomic E-state index is 0. The van der Waals surface area contributed by atoms with Gasteiger partial charge in [0, 0.05) is 0 Å². The summed E-state index contributed by atoms with van der Waals surface area (Å²) < 4.78 is 0. The van der Waals surface area contributed by atoms with E-state index in [-0.39, 0.29) is 5.48 Å². The van der Waals surface area contributed by atoms with E-state index in [1.54, 1.807) is 0 Å². The fourth-order valence-electron chi connectivity index (χ4n) is 0.250. The van der Waals surface area contributed by atoms with Crippen molar-refractivity contribution in [2.24, 2.45) is 0 Å². The third-order valence-corrected chi connectivity index (χ3v) is 0.500. The van der Waals surface area contributed by atoms with E-state index >= 15 is 0 Å². The van der Waals surface area contributed by atoms with Gasteiger partial charge in [0.25, 0.3) is 0 Å². The van der Waals surface area contributed by atoms with Crippen LogP contribution in [0.15, 0.2) is 0 Å². The first-order valence-corrected chi connectivity index (χ1v) is 2.06. The van der Waals surface area contributed by atoms with E-state index in [0.717, 1.165) is 6.54 Å². The van der Waals surface area contributed by atoms with Crippen molar-refractivity contribution in [1.82, 2.24) is 5.32 Å². The Kier molecular flexibility index (Phi) is 13.8. The molecule has 0 saturated heterocycles. The van der Waals surface area contributed by atoms with Crippen molar-refractivity contribution in [3.63, 3.8) is 0 Å². The van der Waals surface area contributed by atoms with E-state index in [0.29, 0.717) is 0 Å². The lowest BCUT2D eigenvalue weighted by Crippen LogP contribution is -2.04. The molecule has 3 N–H and O–H groups in total. The van der Waals surface area contributed by atoms with Gasteiger partial charge < -0.3 is 10.8 Å². The van der Waals surface area contributed by atoms with Crippen LogP contribution in [0.1, 0.15) is 13.3 Å². The molecule has 0 radical (unpaired) electrons. The molecule has 0 spiro atoms. The monoisotopic (exact) mass is 91.1 g/mol. The zero-order valence-electron chi connectivity index (χ0n) is 4.41. The Morgan fingerprint density at radius 1 is 1.50 bits per heavy atom. The summed E-state index contributed by atoms with van der Waals surface area (Å²) in [7, 11) is 1.96. The normalized spacial score (nSPS) is 7.00. The number of hydrogen-bond donors (Lipinski definition) is 1. The van der Waals surface area contributed by atoms with Crippen LogP contribution in [-0.4, -0.2) is 19.1 Å². The molecule has 0 aliphatic rings. The highest BCUT2D eigenvalue weighted by Gasteiger charge is 1.64. The van der Waals surface area contributed by atoms with Gasteiger partial charge in [-0.05, 0) is 20.0 Å². The second-order valence-corrected chi connectivity index (χ2v) is 1.10. The molecule has 0 amide bonds. The minimum Gasteiger partial charge on any atom is -0.412 e. The summed E-state index contributed by atoms with van der Waals surface area (Å²) in [6.07, 6.45) is 1.23. The summed E-state index contributed by atoms with van der Waals surface area (Å²) in [4.78, 5) is 0. The maximum Gasteiger partial charge on any atom is -0.00546 e. The Labute approximate surface area is 38.9 Å². The summed E-state index contributed by atoms with van der Waals surface area (Å²) in [5, 5.41) is 3.02. The first kappa shape index (κ1) is 9.33. The van der Waals surface area contributed by atoms with Crippen LogP contribution in [-0.2, 0) is 0 Å². The lowest BCUT2D eigenvalue weighted by molar-refractivity contribution is 0.772. The van der Waals surface area contributed by atoms with Gasteiger partial charge in [-0.3, -0.25) is 0 Å². The molecule has 0 aliphatic carbocycles. The molecule has 0 unspecified atom stereocenters. The van der Waals surface area contributed by atoms with Crippen LogP contribution in [0.3, 0.4) is 0 Å². The second-order valence-electron chi connectivity index (χ2n) is 1.10. The largest absolute Gasteiger partial charge is 0.412 e. The molecular weight excluding hydrogens is 78.0 g/mol. The highest BCUT2D eigenvalue weighted by Crippen LogP contribution is 1.62. The average Bonchev–Trinajstić information content (AvgIpc) is 1.41. The van der Waals surface area contributed by atoms with Gasteiger partial charge in [-0.25, -0.2) is 0 Å². The number of rotatable bonds is 2. The smallest absolute Gasteiger partial charge is 0.00546 e. The van der Waals surface area contributed by atoms with Crippen LogP contribution >= 0.6 is 0 Å². The molecule has 0 atom stereocenters. The Hall–Kier alpha value is -0.0800. The topological polar surface area (TPSA) is 43.5 Å². The molecule has 0 aromatic carbocycles. The van der Waals surface area contributed by atoms with Gasteiger partial charge in [0.05, 0.1) is 0 Å². The summed E-state index contributed by atoms with van der Waals surface area (Å²) in [6, 6.07) is 0. The van der Waals surface area contributed by atoms with Gasteiger partial charge in [0.15, 0.2) is 0 Å². The van der Waals surface area contributed by atoms with Gasteiger partial charge in [0.1, 0.15) is 0 Å². The standard InChI is InChI=1S/C4H11N.H2O/c1-3-4-5-2;/h5H,3-4H2,1-2H3;1H2. The van der Waals surface area contributed by atoms with Gasteiger partial charge >= 0.3 is 0 Å². The molecule has 6 heavy (non-hydrogen) atoms. The Morgan fingerprint density at radius 2 is 2.00 bits per heavy atom. The fourth-order valence-corrected chi connectivity index (χ4v) is 0.250. The molecule has 0 aliphatic heterocycles. The minimum atomic E-state index is 0. The maximum absolute atomic E-state index is 3.02. The van der Waals surface area contributed by atoms with Crippen LogP contribution in [0.2, 0.25) is 0 Å². The summed E-state index contributed by atoms with van der Waals surface area (Å²) in [6.45, 7) is 3.29. The third kappa shape index (κ3) is 9.07. The van der Waals surface area contributed by atoms with E-state index in [1.165, 1.54) is 6.42 Å². The predicted molar refractivity (Wildman–Crippen MR) is 27.8 cm³/mol. The van der Waals surface area contributed by atoms with Crippen molar-refractivity contribution in [2.45, 2.75) is 13.3 Å². The van der Waals surface area contributed by atoms with E-state index in [2.05, 4.69) is 12.2 Å². The quantitative estimate of drug-likeness (QED) is 0.502. The fraction of sp³-hybridized carbons (Fsp3) is 1.00. The summed E-state index contributed by atoms with van der Waals surface area (Å²) in [5.74, 6) is 0. The molecule has 0 rings (SSSR count). The van der Waals surface area contributed by atoms with Crippen LogP contribution in [0.4, 0.5) is 0 Å². The molecule has 0 aromatic rings. The van der Waals surface area contributed by atoms with Crippen LogP contribution in [0, 0.1) is 0 Å². The van der Waals surface area contributed by atoms with Crippen LogP contribution < -0.4 is 5.32 Å². The molecule has 2 nitrogen and oxygen atoms in total. The van der Waals surface area contributed by atoms with E-state index < -0.39 is 0 Å². The Balaban J connectivity index is 0. The molecule has 0 heterocycles. The molecule has 2 heteroatoms. The zero-order chi connectivity index (χ0) is 4.12. The van der Waals surface area contributed by atoms with Gasteiger partial charge in [0.2, 0.25) is 0 Å². The van der Waals surface area contributed by atoms with E-state index in [9.17, 15) is 0 Å². The zero-order valence-corrected chi connectivity index (χ0v) is 4.41. The van der Waals surface area contributed by atoms with Crippen LogP contribution in [0.5, 0.6) is 0 Å². The molecule has 40 valence electrons. The number of nitrogens with one attached hydrogen (secondary N) is 1. The highest BCUT2D eigenvalue weighted by molar-refractivity contribution is 4.28. The highest BCUT2D eigenvalue weighted by atomic mass is 16.0. The molecular formula is C4H13NO. The maximum atomic E-state index is 3.02. The third-order valence-electron chi connectivity index (χ3n) is 0.500. The Morgan fingerprint density at radius 3 is 2.00 bits per heavy atom. The first-order valence-electron chi connectivity index (χ1n) is 2.06. The van der Waals surface area contributed by atoms with Crippen molar-refractivity contribution in [3.8, 4) is 0 Å². The van der Waals surface area contributed by atoms with Crippen LogP contribution in [0.25, 0.3) is 0 Å². The van der Waals surface area contributed by atoms with Crippen molar-refractivity contribution >= 4 is 0 Å². The summed E-state index contributed by atoms with van der Waals surface area (Å²) >= 11 is 0. The molecule has 0 saturated carbocycles. The first-order chi connectivity index (χ1) is 2.41. The van der Waals surface area contributed by atoms with Crippen molar-refractivity contribution in [2.75, 3.05) is 13.6 Å². The SMILES string of the molecule is CCCNC.O. The predicted octanol–water partition coefficient (Wildman–Crippen LogP) is -0.209. The number of hydrogen-bond acceptors (Lipinski definition) is 1. The van der Waals surface area contributed by atoms with Gasteiger partial charge in [-0.15, -0.1) is 0 Å².